The van der Waals surface area contributed by atoms with Crippen LogP contribution in [0.25, 0.3) is 61.3 Å². The van der Waals surface area contributed by atoms with Crippen molar-refractivity contribution in [1.29, 1.82) is 0 Å². The maximum Gasteiger partial charge on any atom is 0.371 e. The average Bonchev–Trinajstić information content (AvgIpc) is 1.89. The van der Waals surface area contributed by atoms with E-state index in [0.717, 1.165) is 153 Å². The predicted molar refractivity (Wildman–Crippen MR) is 372 cm³/mol. The summed E-state index contributed by atoms with van der Waals surface area (Å²) in [4.78, 5) is 9.17. The summed E-state index contributed by atoms with van der Waals surface area (Å²) in [5, 5.41) is 0. The standard InChI is InChI=1S/C68H91O11P3S5/c1-10-19-22-25-26-27-28-29-32-53-33-34-64(83-53)65-38-35-60(84-65)54-45-52(50-81(70,76-15-6)77-16-7)55(46-51(54)49-80(69,74-13-4)75-14-5)61-36-39-66(85-61)67-40-37-62(86-67)56-47-59(73-44-31-24-21-12-3)57(48-58(56)72-43-30-23-20-11-2)63-41-42-68(87-63)82(71,78-17-8)79-18-9/h33-42,45-48H,10-28,30-31,43-44,49-50H2,1-9H3. The number of hydrogen-bond donors (Lipinski definition) is 0. The monoisotopic (exact) mass is 1340 g/mol. The first-order valence-electron chi connectivity index (χ1n) is 31.5. The third kappa shape index (κ3) is 20.5. The van der Waals surface area contributed by atoms with Crippen molar-refractivity contribution in [2.75, 3.05) is 52.9 Å². The molecule has 0 aliphatic heterocycles. The van der Waals surface area contributed by atoms with Gasteiger partial charge in [-0.1, -0.05) is 103 Å². The van der Waals surface area contributed by atoms with Gasteiger partial charge in [0.2, 0.25) is 0 Å². The number of rotatable bonds is 41. The minimum absolute atomic E-state index is 0.0253. The second-order valence-corrected chi connectivity index (χ2v) is 32.8. The molecule has 7 aromatic rings. The summed E-state index contributed by atoms with van der Waals surface area (Å²) in [7, 11) is -10.8. The molecule has 0 atom stereocenters. The highest BCUT2D eigenvalue weighted by Crippen LogP contribution is 2.58. The third-order valence-electron chi connectivity index (χ3n) is 14.3. The third-order valence-corrected chi connectivity index (χ3v) is 26.8. The Morgan fingerprint density at radius 1 is 0.368 bits per heavy atom. The van der Waals surface area contributed by atoms with Crippen LogP contribution in [0.1, 0.15) is 175 Å². The SMILES string of the molecule is CCCCCCCCC#Cc1ccc(-c2ccc(-c3cc(CP(=O)(OCC)OCC)c(-c4ccc(-c5ccc(-c6cc(OCCCCCC)c(-c7ccc(P(=O)(OCC)OCC)s7)cc6OCCCCCC)s5)s4)cc3CP(=O)(OCC)OCC)s2)s1. The first-order valence-corrected chi connectivity index (χ1v) is 40.6. The van der Waals surface area contributed by atoms with Crippen LogP contribution < -0.4 is 14.1 Å². The first kappa shape index (κ1) is 71.0. The summed E-state index contributed by atoms with van der Waals surface area (Å²) >= 11 is 8.07. The maximum absolute atomic E-state index is 14.7. The number of hydrogen-bond acceptors (Lipinski definition) is 16. The van der Waals surface area contributed by atoms with E-state index in [-0.39, 0.29) is 52.0 Å². The fourth-order valence-electron chi connectivity index (χ4n) is 10.1. The minimum Gasteiger partial charge on any atom is -0.493 e. The van der Waals surface area contributed by atoms with Crippen LogP contribution in [0.15, 0.2) is 84.9 Å². The van der Waals surface area contributed by atoms with Gasteiger partial charge in [0, 0.05) is 56.6 Å². The van der Waals surface area contributed by atoms with Gasteiger partial charge in [0.05, 0.1) is 70.1 Å². The molecular formula is C68H91O11P3S5. The van der Waals surface area contributed by atoms with Gasteiger partial charge in [0.15, 0.2) is 0 Å². The van der Waals surface area contributed by atoms with Crippen LogP contribution in [-0.2, 0) is 53.2 Å². The van der Waals surface area contributed by atoms with Crippen LogP contribution in [0.2, 0.25) is 0 Å². The molecule has 7 rings (SSSR count). The summed E-state index contributed by atoms with van der Waals surface area (Å²) < 4.78 is 92.9. The van der Waals surface area contributed by atoms with Crippen molar-refractivity contribution >= 4 is 84.1 Å². The summed E-state index contributed by atoms with van der Waals surface area (Å²) in [5.41, 5.74) is 5.07. The van der Waals surface area contributed by atoms with Gasteiger partial charge in [-0.05, 0) is 168 Å². The van der Waals surface area contributed by atoms with Gasteiger partial charge in [-0.3, -0.25) is 13.7 Å². The van der Waals surface area contributed by atoms with Crippen molar-refractivity contribution in [1.82, 2.24) is 0 Å². The van der Waals surface area contributed by atoms with Crippen molar-refractivity contribution in [2.24, 2.45) is 0 Å². The molecule has 5 heterocycles. The zero-order valence-corrected chi connectivity index (χ0v) is 59.4. The normalized spacial score (nSPS) is 12.1. The Hall–Kier alpha value is -3.45. The Kier molecular flexibility index (Phi) is 29.8. The van der Waals surface area contributed by atoms with Crippen LogP contribution in [-0.4, -0.2) is 52.9 Å². The molecule has 0 saturated heterocycles. The fourth-order valence-corrected chi connectivity index (χ4v) is 20.9. The molecule has 19 heteroatoms. The molecule has 0 radical (unpaired) electrons. The van der Waals surface area contributed by atoms with E-state index in [1.807, 2.05) is 53.7 Å². The van der Waals surface area contributed by atoms with Gasteiger partial charge in [0.1, 0.15) is 16.1 Å². The van der Waals surface area contributed by atoms with Gasteiger partial charge in [-0.2, -0.15) is 0 Å². The molecule has 0 saturated carbocycles. The van der Waals surface area contributed by atoms with E-state index in [1.165, 1.54) is 43.4 Å². The van der Waals surface area contributed by atoms with E-state index in [9.17, 15) is 13.7 Å². The lowest BCUT2D eigenvalue weighted by molar-refractivity contribution is 0.218. The van der Waals surface area contributed by atoms with Gasteiger partial charge in [-0.25, -0.2) is 0 Å². The first-order chi connectivity index (χ1) is 42.3. The van der Waals surface area contributed by atoms with Crippen LogP contribution >= 0.6 is 79.5 Å². The van der Waals surface area contributed by atoms with E-state index < -0.39 is 22.8 Å². The van der Waals surface area contributed by atoms with Crippen LogP contribution in [0.4, 0.5) is 0 Å². The van der Waals surface area contributed by atoms with Crippen molar-refractivity contribution in [3.8, 4) is 84.6 Å². The van der Waals surface area contributed by atoms with Crippen molar-refractivity contribution in [3.05, 3.63) is 101 Å². The Morgan fingerprint density at radius 2 is 0.736 bits per heavy atom. The average molecular weight is 1340 g/mol. The van der Waals surface area contributed by atoms with Crippen molar-refractivity contribution in [3.63, 3.8) is 0 Å². The highest BCUT2D eigenvalue weighted by atomic mass is 32.1. The van der Waals surface area contributed by atoms with Crippen molar-refractivity contribution in [2.45, 2.75) is 171 Å². The molecule has 474 valence electrons. The molecule has 0 amide bonds. The molecule has 0 bridgehead atoms. The number of benzene rings is 2. The molecular weight excluding hydrogens is 1250 g/mol. The van der Waals surface area contributed by atoms with E-state index in [1.54, 1.807) is 45.3 Å². The molecule has 0 aliphatic carbocycles. The van der Waals surface area contributed by atoms with Gasteiger partial charge in [-0.15, -0.1) is 56.7 Å². The number of unbranched alkanes of at least 4 members (excludes halogenated alkanes) is 12. The second kappa shape index (κ2) is 36.6. The van der Waals surface area contributed by atoms with E-state index >= 15 is 0 Å². The summed E-state index contributed by atoms with van der Waals surface area (Å²) in [6.45, 7) is 20.1. The van der Waals surface area contributed by atoms with Crippen molar-refractivity contribution < 1.29 is 50.3 Å². The molecule has 11 nitrogen and oxygen atoms in total. The highest BCUT2D eigenvalue weighted by Gasteiger charge is 2.33. The molecule has 5 aromatic heterocycles. The van der Waals surface area contributed by atoms with Crippen LogP contribution in [0.3, 0.4) is 0 Å². The van der Waals surface area contributed by atoms with Gasteiger partial charge < -0.3 is 36.6 Å². The lowest BCUT2D eigenvalue weighted by Gasteiger charge is -2.22. The van der Waals surface area contributed by atoms with Gasteiger partial charge in [0.25, 0.3) is 0 Å². The molecule has 87 heavy (non-hydrogen) atoms. The molecule has 0 N–H and O–H groups in total. The van der Waals surface area contributed by atoms with Gasteiger partial charge >= 0.3 is 22.8 Å². The van der Waals surface area contributed by atoms with Crippen LogP contribution in [0, 0.1) is 11.8 Å². The molecule has 0 aliphatic rings. The zero-order valence-electron chi connectivity index (χ0n) is 52.6. The predicted octanol–water partition coefficient (Wildman–Crippen LogP) is 23.4. The Morgan fingerprint density at radius 3 is 1.18 bits per heavy atom. The molecule has 0 unspecified atom stereocenters. The lowest BCUT2D eigenvalue weighted by Crippen LogP contribution is -2.06. The molecule has 0 fully saturated rings. The zero-order chi connectivity index (χ0) is 62.1. The number of ether oxygens (including phenoxy) is 2. The fraction of sp³-hybridized carbons (Fsp3) is 0.500. The molecule has 0 spiro atoms. The Labute approximate surface area is 539 Å². The quantitative estimate of drug-likeness (QED) is 0.0207. The van der Waals surface area contributed by atoms with E-state index in [4.69, 9.17) is 36.6 Å². The second-order valence-electron chi connectivity index (χ2n) is 21.0. The summed E-state index contributed by atoms with van der Waals surface area (Å²) in [6.07, 6.45) is 16.9. The minimum atomic E-state index is -3.64. The smallest absolute Gasteiger partial charge is 0.371 e. The number of thiophene rings is 5. The Bertz CT molecular complexity index is 3400. The largest absolute Gasteiger partial charge is 0.493 e. The van der Waals surface area contributed by atoms with Crippen LogP contribution in [0.5, 0.6) is 11.5 Å². The molecule has 2 aromatic carbocycles. The Balaban J connectivity index is 1.30. The summed E-state index contributed by atoms with van der Waals surface area (Å²) in [5.74, 6) is 8.29. The topological polar surface area (TPSA) is 125 Å². The van der Waals surface area contributed by atoms with E-state index in [2.05, 4.69) is 105 Å². The van der Waals surface area contributed by atoms with E-state index in [0.29, 0.717) is 17.8 Å². The summed E-state index contributed by atoms with van der Waals surface area (Å²) in [6, 6.07) is 29.3. The maximum atomic E-state index is 14.7. The lowest BCUT2D eigenvalue weighted by atomic mass is 9.98. The highest BCUT2D eigenvalue weighted by molar-refractivity contribution is 7.69.